The van der Waals surface area contributed by atoms with Crippen LogP contribution in [0.2, 0.25) is 0 Å². The second-order valence-electron chi connectivity index (χ2n) is 3.53. The fourth-order valence-corrected chi connectivity index (χ4v) is 2.39. The van der Waals surface area contributed by atoms with Gasteiger partial charge in [-0.25, -0.2) is 0 Å². The molecule has 1 fully saturated rings. The van der Waals surface area contributed by atoms with Crippen molar-refractivity contribution in [1.29, 1.82) is 0 Å². The van der Waals surface area contributed by atoms with Crippen LogP contribution in [0.1, 0.15) is 5.56 Å². The molecule has 1 saturated heterocycles. The number of carbonyl (C=O) groups is 2. The molecule has 0 unspecified atom stereocenters. The summed E-state index contributed by atoms with van der Waals surface area (Å²) in [6.45, 7) is 0.563. The summed E-state index contributed by atoms with van der Waals surface area (Å²) < 4.78 is 0. The maximum absolute atomic E-state index is 11.9. The minimum absolute atomic E-state index is 0. The molecule has 18 heavy (non-hydrogen) atoms. The Labute approximate surface area is 116 Å². The van der Waals surface area contributed by atoms with E-state index < -0.39 is 0 Å². The number of nitrogens with zero attached hydrogens (tertiary/aromatic N) is 1. The van der Waals surface area contributed by atoms with Crippen LogP contribution in [0.4, 0.5) is 4.79 Å². The van der Waals surface area contributed by atoms with Crippen molar-refractivity contribution in [3.63, 3.8) is 0 Å². The number of carbonyl (C=O) groups excluding carboxylic acids is 2. The first-order chi connectivity index (χ1) is 8.22. The summed E-state index contributed by atoms with van der Waals surface area (Å²) in [6, 6.07) is 9.44. The molecular weight excluding hydrogens is 272 g/mol. The molecule has 1 aromatic rings. The van der Waals surface area contributed by atoms with Gasteiger partial charge in [0.1, 0.15) is 0 Å². The molecule has 4 nitrogen and oxygen atoms in total. The van der Waals surface area contributed by atoms with Crippen LogP contribution in [0.3, 0.4) is 0 Å². The van der Waals surface area contributed by atoms with Gasteiger partial charge in [0.05, 0.1) is 4.91 Å². The van der Waals surface area contributed by atoms with Crippen LogP contribution >= 0.6 is 24.2 Å². The lowest BCUT2D eigenvalue weighted by Crippen LogP contribution is -2.33. The molecule has 0 saturated carbocycles. The number of halogens is 1. The number of nitrogens with two attached hydrogens (primary N) is 1. The van der Waals surface area contributed by atoms with Crippen molar-refractivity contribution >= 4 is 41.4 Å². The lowest BCUT2D eigenvalue weighted by Gasteiger charge is -2.09. The van der Waals surface area contributed by atoms with E-state index in [9.17, 15) is 9.59 Å². The van der Waals surface area contributed by atoms with E-state index in [1.165, 1.54) is 4.90 Å². The van der Waals surface area contributed by atoms with Gasteiger partial charge in [0, 0.05) is 13.1 Å². The van der Waals surface area contributed by atoms with E-state index in [1.54, 1.807) is 6.08 Å². The Morgan fingerprint density at radius 2 is 1.89 bits per heavy atom. The van der Waals surface area contributed by atoms with Crippen LogP contribution in [-0.4, -0.2) is 29.1 Å². The zero-order chi connectivity index (χ0) is 12.3. The second kappa shape index (κ2) is 6.58. The van der Waals surface area contributed by atoms with Crippen molar-refractivity contribution in [3.05, 3.63) is 40.8 Å². The van der Waals surface area contributed by atoms with Crippen LogP contribution < -0.4 is 5.73 Å². The fourth-order valence-electron chi connectivity index (χ4n) is 1.52. The summed E-state index contributed by atoms with van der Waals surface area (Å²) >= 11 is 0.960. The molecule has 6 heteroatoms. The summed E-state index contributed by atoms with van der Waals surface area (Å²) in [6.07, 6.45) is 1.72. The smallest absolute Gasteiger partial charge is 0.293 e. The predicted molar refractivity (Wildman–Crippen MR) is 75.4 cm³/mol. The van der Waals surface area contributed by atoms with Gasteiger partial charge in [-0.05, 0) is 23.4 Å². The molecular formula is C12H13ClN2O2S. The lowest BCUT2D eigenvalue weighted by atomic mass is 10.2. The zero-order valence-corrected chi connectivity index (χ0v) is 11.2. The standard InChI is InChI=1S/C12H12N2O2S.ClH/c13-6-7-14-11(15)10(17-12(14)16)8-9-4-2-1-3-5-9;/h1-5,8H,6-7,13H2;1H/b10-8+;. The van der Waals surface area contributed by atoms with Crippen molar-refractivity contribution in [3.8, 4) is 0 Å². The van der Waals surface area contributed by atoms with Gasteiger partial charge < -0.3 is 5.73 Å². The number of imide groups is 1. The van der Waals surface area contributed by atoms with E-state index in [-0.39, 0.29) is 36.6 Å². The molecule has 1 aliphatic heterocycles. The highest BCUT2D eigenvalue weighted by atomic mass is 35.5. The first kappa shape index (κ1) is 14.8. The molecule has 1 heterocycles. The van der Waals surface area contributed by atoms with Crippen LogP contribution in [0.5, 0.6) is 0 Å². The highest BCUT2D eigenvalue weighted by Gasteiger charge is 2.34. The molecule has 0 bridgehead atoms. The maximum atomic E-state index is 11.9. The monoisotopic (exact) mass is 284 g/mol. The van der Waals surface area contributed by atoms with Crippen LogP contribution in [-0.2, 0) is 4.79 Å². The topological polar surface area (TPSA) is 63.4 Å². The van der Waals surface area contributed by atoms with Crippen LogP contribution in [0.25, 0.3) is 6.08 Å². The van der Waals surface area contributed by atoms with Crippen molar-refractivity contribution in [1.82, 2.24) is 4.90 Å². The first-order valence-electron chi connectivity index (χ1n) is 5.23. The predicted octanol–water partition coefficient (Wildman–Crippen LogP) is 2.10. The highest BCUT2D eigenvalue weighted by molar-refractivity contribution is 8.18. The lowest BCUT2D eigenvalue weighted by molar-refractivity contribution is -0.122. The molecule has 0 aromatic heterocycles. The molecule has 0 aliphatic carbocycles. The van der Waals surface area contributed by atoms with E-state index in [0.717, 1.165) is 17.3 Å². The summed E-state index contributed by atoms with van der Waals surface area (Å²) in [5.41, 5.74) is 6.26. The summed E-state index contributed by atoms with van der Waals surface area (Å²) in [5, 5.41) is -0.248. The number of benzene rings is 1. The SMILES string of the molecule is Cl.NCCN1C(=O)S/C(=C/c2ccccc2)C1=O. The van der Waals surface area contributed by atoms with E-state index in [2.05, 4.69) is 0 Å². The number of hydrogen-bond donors (Lipinski definition) is 1. The van der Waals surface area contributed by atoms with Crippen molar-refractivity contribution in [2.45, 2.75) is 0 Å². The Morgan fingerprint density at radius 1 is 1.22 bits per heavy atom. The van der Waals surface area contributed by atoms with Crippen LogP contribution in [0.15, 0.2) is 35.2 Å². The van der Waals surface area contributed by atoms with Gasteiger partial charge in [-0.1, -0.05) is 30.3 Å². The van der Waals surface area contributed by atoms with Crippen molar-refractivity contribution in [2.24, 2.45) is 5.73 Å². The molecule has 2 amide bonds. The molecule has 1 aromatic carbocycles. The largest absolute Gasteiger partial charge is 0.329 e. The average Bonchev–Trinajstić information content (AvgIpc) is 2.59. The third kappa shape index (κ3) is 3.13. The van der Waals surface area contributed by atoms with Crippen molar-refractivity contribution < 1.29 is 9.59 Å². The van der Waals surface area contributed by atoms with Crippen LogP contribution in [0, 0.1) is 0 Å². The Kier molecular flexibility index (Phi) is 5.40. The van der Waals surface area contributed by atoms with Gasteiger partial charge in [-0.2, -0.15) is 0 Å². The van der Waals surface area contributed by atoms with E-state index in [1.807, 2.05) is 30.3 Å². The number of amides is 2. The molecule has 96 valence electrons. The van der Waals surface area contributed by atoms with E-state index in [4.69, 9.17) is 5.73 Å². The third-order valence-corrected chi connectivity index (χ3v) is 3.23. The molecule has 0 atom stereocenters. The van der Waals surface area contributed by atoms with Gasteiger partial charge in [0.15, 0.2) is 0 Å². The zero-order valence-electron chi connectivity index (χ0n) is 9.54. The van der Waals surface area contributed by atoms with Crippen molar-refractivity contribution in [2.75, 3.05) is 13.1 Å². The average molecular weight is 285 g/mol. The number of hydrogen-bond acceptors (Lipinski definition) is 4. The second-order valence-corrected chi connectivity index (χ2v) is 4.53. The summed E-state index contributed by atoms with van der Waals surface area (Å²) in [7, 11) is 0. The Bertz CT molecular complexity index is 476. The van der Waals surface area contributed by atoms with Gasteiger partial charge in [0.2, 0.25) is 0 Å². The van der Waals surface area contributed by atoms with E-state index in [0.29, 0.717) is 4.91 Å². The van der Waals surface area contributed by atoms with Gasteiger partial charge in [-0.15, -0.1) is 12.4 Å². The highest BCUT2D eigenvalue weighted by Crippen LogP contribution is 2.31. The molecule has 2 N–H and O–H groups in total. The van der Waals surface area contributed by atoms with E-state index >= 15 is 0 Å². The first-order valence-corrected chi connectivity index (χ1v) is 6.04. The number of thioether (sulfide) groups is 1. The molecule has 1 aliphatic rings. The van der Waals surface area contributed by atoms with Gasteiger partial charge >= 0.3 is 0 Å². The van der Waals surface area contributed by atoms with Gasteiger partial charge in [-0.3, -0.25) is 14.5 Å². The Balaban J connectivity index is 0.00000162. The normalized spacial score (nSPS) is 17.2. The Hall–Kier alpha value is -1.30. The number of rotatable bonds is 3. The van der Waals surface area contributed by atoms with Gasteiger partial charge in [0.25, 0.3) is 11.1 Å². The molecule has 0 spiro atoms. The Morgan fingerprint density at radius 3 is 2.50 bits per heavy atom. The molecule has 2 rings (SSSR count). The molecule has 0 radical (unpaired) electrons. The quantitative estimate of drug-likeness (QED) is 0.864. The summed E-state index contributed by atoms with van der Waals surface area (Å²) in [5.74, 6) is -0.255. The fraction of sp³-hybridized carbons (Fsp3) is 0.167. The third-order valence-electron chi connectivity index (χ3n) is 2.32. The minimum atomic E-state index is -0.255. The summed E-state index contributed by atoms with van der Waals surface area (Å²) in [4.78, 5) is 25.1. The minimum Gasteiger partial charge on any atom is -0.329 e. The maximum Gasteiger partial charge on any atom is 0.293 e.